The predicted octanol–water partition coefficient (Wildman–Crippen LogP) is 2.88. The molecule has 1 aromatic heterocycles. The lowest BCUT2D eigenvalue weighted by molar-refractivity contribution is 0.470. The molecule has 3 nitrogen and oxygen atoms in total. The lowest BCUT2D eigenvalue weighted by Crippen LogP contribution is -2.40. The van der Waals surface area contributed by atoms with Crippen molar-refractivity contribution in [1.29, 1.82) is 0 Å². The molecular weight excluding hydrogens is 218 g/mol. The van der Waals surface area contributed by atoms with Crippen molar-refractivity contribution < 1.29 is 0 Å². The number of anilines is 1. The Labute approximate surface area is 103 Å². The highest BCUT2D eigenvalue weighted by Crippen LogP contribution is 2.27. The molecule has 0 aliphatic rings. The van der Waals surface area contributed by atoms with Crippen molar-refractivity contribution in [3.63, 3.8) is 0 Å². The Hall–Kier alpha value is -0.610. The van der Waals surface area contributed by atoms with Gasteiger partial charge < -0.3 is 10.2 Å². The predicted molar refractivity (Wildman–Crippen MR) is 72.3 cm³/mol. The number of hydrogen-bond donors (Lipinski definition) is 1. The Morgan fingerprint density at radius 2 is 2.12 bits per heavy atom. The van der Waals surface area contributed by atoms with Crippen LogP contribution >= 0.6 is 11.3 Å². The van der Waals surface area contributed by atoms with E-state index in [4.69, 9.17) is 0 Å². The summed E-state index contributed by atoms with van der Waals surface area (Å²) in [6, 6.07) is 0. The van der Waals surface area contributed by atoms with Crippen molar-refractivity contribution in [2.75, 3.05) is 18.5 Å². The van der Waals surface area contributed by atoms with Crippen LogP contribution in [0.1, 0.15) is 39.8 Å². The molecular formula is C12H23N3S. The molecule has 0 spiro atoms. The van der Waals surface area contributed by atoms with Crippen molar-refractivity contribution in [3.05, 3.63) is 11.1 Å². The van der Waals surface area contributed by atoms with E-state index in [1.165, 1.54) is 0 Å². The van der Waals surface area contributed by atoms with Crippen LogP contribution in [0, 0.1) is 0 Å². The molecule has 0 aliphatic carbocycles. The third-order valence-electron chi connectivity index (χ3n) is 3.16. The van der Waals surface area contributed by atoms with Gasteiger partial charge in [0.2, 0.25) is 0 Å². The quantitative estimate of drug-likeness (QED) is 0.830. The van der Waals surface area contributed by atoms with E-state index in [-0.39, 0.29) is 5.54 Å². The number of thiazole rings is 1. The zero-order valence-electron chi connectivity index (χ0n) is 11.0. The first kappa shape index (κ1) is 13.5. The first-order valence-electron chi connectivity index (χ1n) is 5.90. The van der Waals surface area contributed by atoms with Gasteiger partial charge in [0.15, 0.2) is 5.13 Å². The molecule has 92 valence electrons. The standard InChI is InChI=1S/C12H23N3S/c1-6-12(3,4)15(5)11-14-10(9-16-11)8-13-7-2/h9,13H,6-8H2,1-5H3. The minimum absolute atomic E-state index is 0.174. The molecule has 0 unspecified atom stereocenters. The van der Waals surface area contributed by atoms with Gasteiger partial charge in [0.1, 0.15) is 0 Å². The average molecular weight is 241 g/mol. The van der Waals surface area contributed by atoms with E-state index >= 15 is 0 Å². The van der Waals surface area contributed by atoms with Crippen molar-refractivity contribution in [3.8, 4) is 0 Å². The summed E-state index contributed by atoms with van der Waals surface area (Å²) < 4.78 is 0. The second kappa shape index (κ2) is 5.64. The minimum atomic E-state index is 0.174. The van der Waals surface area contributed by atoms with Gasteiger partial charge in [-0.05, 0) is 26.8 Å². The smallest absolute Gasteiger partial charge is 0.185 e. The highest BCUT2D eigenvalue weighted by Gasteiger charge is 2.23. The van der Waals surface area contributed by atoms with Crippen molar-refractivity contribution in [2.24, 2.45) is 0 Å². The van der Waals surface area contributed by atoms with Gasteiger partial charge in [0.05, 0.1) is 5.69 Å². The molecule has 1 aromatic rings. The van der Waals surface area contributed by atoms with Crippen LogP contribution in [0.15, 0.2) is 5.38 Å². The van der Waals surface area contributed by atoms with Crippen LogP contribution < -0.4 is 10.2 Å². The summed E-state index contributed by atoms with van der Waals surface area (Å²) >= 11 is 1.73. The summed E-state index contributed by atoms with van der Waals surface area (Å²) in [5.74, 6) is 0. The molecule has 0 aliphatic heterocycles. The lowest BCUT2D eigenvalue weighted by Gasteiger charge is -2.34. The van der Waals surface area contributed by atoms with Crippen LogP contribution in [0.5, 0.6) is 0 Å². The van der Waals surface area contributed by atoms with E-state index in [0.717, 1.165) is 30.3 Å². The first-order valence-corrected chi connectivity index (χ1v) is 6.78. The maximum Gasteiger partial charge on any atom is 0.185 e. The van der Waals surface area contributed by atoms with Gasteiger partial charge in [-0.2, -0.15) is 0 Å². The van der Waals surface area contributed by atoms with E-state index in [2.05, 4.69) is 55.3 Å². The fourth-order valence-corrected chi connectivity index (χ4v) is 2.23. The number of aromatic nitrogens is 1. The summed E-state index contributed by atoms with van der Waals surface area (Å²) in [5.41, 5.74) is 1.31. The third-order valence-corrected chi connectivity index (χ3v) is 4.12. The van der Waals surface area contributed by atoms with Gasteiger partial charge >= 0.3 is 0 Å². The molecule has 0 saturated heterocycles. The topological polar surface area (TPSA) is 28.2 Å². The molecule has 4 heteroatoms. The Bertz CT molecular complexity index is 320. The van der Waals surface area contributed by atoms with E-state index in [1.807, 2.05) is 0 Å². The van der Waals surface area contributed by atoms with Crippen LogP contribution in [0.3, 0.4) is 0 Å². The maximum atomic E-state index is 4.64. The van der Waals surface area contributed by atoms with E-state index < -0.39 is 0 Å². The van der Waals surface area contributed by atoms with Crippen LogP contribution in [-0.2, 0) is 6.54 Å². The molecule has 0 aromatic carbocycles. The number of nitrogens with one attached hydrogen (secondary N) is 1. The molecule has 0 atom stereocenters. The average Bonchev–Trinajstić information content (AvgIpc) is 2.73. The molecule has 0 radical (unpaired) electrons. The zero-order valence-corrected chi connectivity index (χ0v) is 11.8. The lowest BCUT2D eigenvalue weighted by atomic mass is 10.0. The van der Waals surface area contributed by atoms with Crippen LogP contribution in [0.2, 0.25) is 0 Å². The van der Waals surface area contributed by atoms with Gasteiger partial charge in [-0.25, -0.2) is 4.98 Å². The maximum absolute atomic E-state index is 4.64. The largest absolute Gasteiger partial charge is 0.346 e. The van der Waals surface area contributed by atoms with Crippen LogP contribution in [0.25, 0.3) is 0 Å². The fourth-order valence-electron chi connectivity index (χ4n) is 1.28. The number of nitrogens with zero attached hydrogens (tertiary/aromatic N) is 2. The normalized spacial score (nSPS) is 11.8. The summed E-state index contributed by atoms with van der Waals surface area (Å²) in [6.07, 6.45) is 1.12. The molecule has 0 bridgehead atoms. The first-order chi connectivity index (χ1) is 7.51. The molecule has 0 fully saturated rings. The molecule has 1 heterocycles. The second-order valence-electron chi connectivity index (χ2n) is 4.63. The van der Waals surface area contributed by atoms with E-state index in [1.54, 1.807) is 11.3 Å². The zero-order chi connectivity index (χ0) is 12.2. The second-order valence-corrected chi connectivity index (χ2v) is 5.46. The monoisotopic (exact) mass is 241 g/mol. The summed E-state index contributed by atoms with van der Waals surface area (Å²) in [6.45, 7) is 10.7. The van der Waals surface area contributed by atoms with Gasteiger partial charge in [-0.15, -0.1) is 11.3 Å². The summed E-state index contributed by atoms with van der Waals surface area (Å²) in [7, 11) is 2.12. The Morgan fingerprint density at radius 3 is 2.69 bits per heavy atom. The van der Waals surface area contributed by atoms with E-state index in [0.29, 0.717) is 0 Å². The molecule has 16 heavy (non-hydrogen) atoms. The van der Waals surface area contributed by atoms with E-state index in [9.17, 15) is 0 Å². The van der Waals surface area contributed by atoms with Crippen LogP contribution in [-0.4, -0.2) is 24.1 Å². The highest BCUT2D eigenvalue weighted by atomic mass is 32.1. The molecule has 1 N–H and O–H groups in total. The van der Waals surface area contributed by atoms with Crippen molar-refractivity contribution in [2.45, 2.75) is 46.2 Å². The Morgan fingerprint density at radius 1 is 1.44 bits per heavy atom. The number of rotatable bonds is 6. The fraction of sp³-hybridized carbons (Fsp3) is 0.750. The van der Waals surface area contributed by atoms with Gasteiger partial charge in [-0.1, -0.05) is 13.8 Å². The van der Waals surface area contributed by atoms with Gasteiger partial charge in [0.25, 0.3) is 0 Å². The third kappa shape index (κ3) is 3.19. The highest BCUT2D eigenvalue weighted by molar-refractivity contribution is 7.13. The SMILES string of the molecule is CCNCc1csc(N(C)C(C)(C)CC)n1. The molecule has 1 rings (SSSR count). The molecule has 0 saturated carbocycles. The number of hydrogen-bond acceptors (Lipinski definition) is 4. The Balaban J connectivity index is 2.70. The van der Waals surface area contributed by atoms with Gasteiger partial charge in [-0.3, -0.25) is 0 Å². The summed E-state index contributed by atoms with van der Waals surface area (Å²) in [4.78, 5) is 6.91. The minimum Gasteiger partial charge on any atom is -0.346 e. The van der Waals surface area contributed by atoms with Crippen molar-refractivity contribution >= 4 is 16.5 Å². The molecule has 0 amide bonds. The van der Waals surface area contributed by atoms with Crippen LogP contribution in [0.4, 0.5) is 5.13 Å². The summed E-state index contributed by atoms with van der Waals surface area (Å²) in [5, 5.41) is 6.55. The van der Waals surface area contributed by atoms with Gasteiger partial charge in [0, 0.05) is 24.5 Å². The van der Waals surface area contributed by atoms with Crippen molar-refractivity contribution in [1.82, 2.24) is 10.3 Å². The Kier molecular flexibility index (Phi) is 4.74.